The van der Waals surface area contributed by atoms with Crippen molar-refractivity contribution in [1.82, 2.24) is 25.0 Å². The zero-order valence-corrected chi connectivity index (χ0v) is 13.3. The van der Waals surface area contributed by atoms with E-state index in [1.165, 1.54) is 17.0 Å². The first-order valence-electron chi connectivity index (χ1n) is 6.68. The number of amides is 2. The number of nitrogens with one attached hydrogen (secondary N) is 1. The maximum atomic E-state index is 13.7. The number of hydrogen-bond donors (Lipinski definition) is 1. The molecule has 1 aromatic heterocycles. The smallest absolute Gasteiger partial charge is 0.318 e. The number of aryl methyl sites for hydroxylation is 1. The molecule has 0 spiro atoms. The number of urea groups is 1. The molecule has 22 heavy (non-hydrogen) atoms. The van der Waals surface area contributed by atoms with Gasteiger partial charge in [0.2, 0.25) is 0 Å². The lowest BCUT2D eigenvalue weighted by atomic mass is 10.2. The van der Waals surface area contributed by atoms with Gasteiger partial charge in [0.15, 0.2) is 5.82 Å². The summed E-state index contributed by atoms with van der Waals surface area (Å²) in [5, 5.41) is 10.8. The molecule has 1 heterocycles. The molecule has 0 unspecified atom stereocenters. The number of rotatable bonds is 4. The Morgan fingerprint density at radius 2 is 2.27 bits per heavy atom. The second kappa shape index (κ2) is 6.74. The van der Waals surface area contributed by atoms with Crippen LogP contribution in [0.2, 0.25) is 5.02 Å². The van der Waals surface area contributed by atoms with E-state index in [2.05, 4.69) is 15.5 Å². The molecule has 2 rings (SSSR count). The Morgan fingerprint density at radius 1 is 1.55 bits per heavy atom. The van der Waals surface area contributed by atoms with E-state index >= 15 is 0 Å². The van der Waals surface area contributed by atoms with Gasteiger partial charge in [0.25, 0.3) is 0 Å². The summed E-state index contributed by atoms with van der Waals surface area (Å²) in [7, 11) is 3.36. The third kappa shape index (κ3) is 3.54. The van der Waals surface area contributed by atoms with Crippen molar-refractivity contribution >= 4 is 17.6 Å². The topological polar surface area (TPSA) is 63.1 Å². The molecule has 0 aliphatic rings. The summed E-state index contributed by atoms with van der Waals surface area (Å²) < 4.78 is 15.5. The van der Waals surface area contributed by atoms with Crippen molar-refractivity contribution in [3.05, 3.63) is 46.8 Å². The maximum absolute atomic E-state index is 13.7. The summed E-state index contributed by atoms with van der Waals surface area (Å²) in [6.45, 7) is 1.87. The first-order chi connectivity index (χ1) is 10.4. The summed E-state index contributed by atoms with van der Waals surface area (Å²) in [6.07, 6.45) is 1.56. The Balaban J connectivity index is 2.02. The standard InChI is InChI=1S/C14H17ClFN5O/c1-9(13-19-17-8-21(13)3)18-14(22)20(2)7-10-11(15)5-4-6-12(10)16/h4-6,8-9H,7H2,1-3H3,(H,18,22)/t9-/m0/s1. The van der Waals surface area contributed by atoms with Crippen molar-refractivity contribution in [2.24, 2.45) is 7.05 Å². The summed E-state index contributed by atoms with van der Waals surface area (Å²) >= 11 is 5.97. The molecule has 0 fully saturated rings. The van der Waals surface area contributed by atoms with E-state index in [-0.39, 0.29) is 24.2 Å². The second-order valence-corrected chi connectivity index (χ2v) is 5.43. The zero-order valence-electron chi connectivity index (χ0n) is 12.5. The van der Waals surface area contributed by atoms with Crippen LogP contribution in [0.4, 0.5) is 9.18 Å². The minimum atomic E-state index is -0.437. The molecule has 1 N–H and O–H groups in total. The minimum absolute atomic E-state index is 0.0723. The summed E-state index contributed by atoms with van der Waals surface area (Å²) in [5.41, 5.74) is 0.285. The van der Waals surface area contributed by atoms with Gasteiger partial charge >= 0.3 is 6.03 Å². The summed E-state index contributed by atoms with van der Waals surface area (Å²) in [4.78, 5) is 13.5. The van der Waals surface area contributed by atoms with Crippen molar-refractivity contribution < 1.29 is 9.18 Å². The van der Waals surface area contributed by atoms with Gasteiger partial charge in [-0.15, -0.1) is 10.2 Å². The number of hydrogen-bond acceptors (Lipinski definition) is 3. The number of benzene rings is 1. The van der Waals surface area contributed by atoms with E-state index in [1.807, 2.05) is 0 Å². The van der Waals surface area contributed by atoms with E-state index < -0.39 is 5.82 Å². The van der Waals surface area contributed by atoms with Gasteiger partial charge in [-0.3, -0.25) is 0 Å². The van der Waals surface area contributed by atoms with E-state index in [4.69, 9.17) is 11.6 Å². The van der Waals surface area contributed by atoms with Crippen LogP contribution in [0, 0.1) is 5.82 Å². The predicted octanol–water partition coefficient (Wildman–Crippen LogP) is 2.51. The fraction of sp³-hybridized carbons (Fsp3) is 0.357. The molecular formula is C14H17ClFN5O. The van der Waals surface area contributed by atoms with Gasteiger partial charge in [-0.1, -0.05) is 17.7 Å². The summed E-state index contributed by atoms with van der Waals surface area (Å²) in [5.74, 6) is 0.194. The highest BCUT2D eigenvalue weighted by Crippen LogP contribution is 2.20. The molecule has 0 aliphatic carbocycles. The van der Waals surface area contributed by atoms with E-state index in [0.29, 0.717) is 10.8 Å². The van der Waals surface area contributed by atoms with Gasteiger partial charge in [-0.2, -0.15) is 0 Å². The van der Waals surface area contributed by atoms with Gasteiger partial charge in [0.1, 0.15) is 12.1 Å². The SMILES string of the molecule is C[C@H](NC(=O)N(C)Cc1c(F)cccc1Cl)c1nncn1C. The number of aromatic nitrogens is 3. The number of halogens is 2. The van der Waals surface area contributed by atoms with Crippen LogP contribution in [0.1, 0.15) is 24.4 Å². The Bertz CT molecular complexity index is 655. The van der Waals surface area contributed by atoms with Gasteiger partial charge in [0.05, 0.1) is 12.6 Å². The van der Waals surface area contributed by atoms with E-state index in [9.17, 15) is 9.18 Å². The lowest BCUT2D eigenvalue weighted by Crippen LogP contribution is -2.39. The second-order valence-electron chi connectivity index (χ2n) is 5.03. The first kappa shape index (κ1) is 16.2. The van der Waals surface area contributed by atoms with E-state index in [0.717, 1.165) is 0 Å². The average Bonchev–Trinajstić information content (AvgIpc) is 2.89. The van der Waals surface area contributed by atoms with Crippen LogP contribution in [-0.4, -0.2) is 32.7 Å². The molecule has 0 aliphatic heterocycles. The highest BCUT2D eigenvalue weighted by molar-refractivity contribution is 6.31. The summed E-state index contributed by atoms with van der Waals surface area (Å²) in [6, 6.07) is 3.76. The van der Waals surface area contributed by atoms with Crippen LogP contribution in [0.25, 0.3) is 0 Å². The molecule has 0 saturated carbocycles. The fourth-order valence-corrected chi connectivity index (χ4v) is 2.26. The van der Waals surface area contributed by atoms with Crippen molar-refractivity contribution in [1.29, 1.82) is 0 Å². The number of nitrogens with zero attached hydrogens (tertiary/aromatic N) is 4. The molecule has 0 radical (unpaired) electrons. The van der Waals surface area contributed by atoms with E-state index in [1.54, 1.807) is 38.0 Å². The molecule has 2 amide bonds. The molecule has 8 heteroatoms. The zero-order chi connectivity index (χ0) is 16.3. The highest BCUT2D eigenvalue weighted by Gasteiger charge is 2.18. The van der Waals surface area contributed by atoms with Gasteiger partial charge < -0.3 is 14.8 Å². The van der Waals surface area contributed by atoms with Gasteiger partial charge in [-0.05, 0) is 19.1 Å². The fourth-order valence-electron chi connectivity index (χ4n) is 2.04. The number of carbonyl (C=O) groups excluding carboxylic acids is 1. The molecule has 1 atom stereocenters. The molecule has 1 aromatic carbocycles. The van der Waals surface area contributed by atoms with Gasteiger partial charge in [-0.25, -0.2) is 9.18 Å². The van der Waals surface area contributed by atoms with Crippen LogP contribution in [-0.2, 0) is 13.6 Å². The van der Waals surface area contributed by atoms with Crippen LogP contribution >= 0.6 is 11.6 Å². The lowest BCUT2D eigenvalue weighted by Gasteiger charge is -2.21. The number of carbonyl (C=O) groups is 1. The molecule has 6 nitrogen and oxygen atoms in total. The molecule has 0 saturated heterocycles. The monoisotopic (exact) mass is 325 g/mol. The van der Waals surface area contributed by atoms with Crippen molar-refractivity contribution in [2.75, 3.05) is 7.05 Å². The minimum Gasteiger partial charge on any atom is -0.328 e. The molecule has 0 bridgehead atoms. The third-order valence-corrected chi connectivity index (χ3v) is 3.63. The Labute approximate surface area is 132 Å². The maximum Gasteiger partial charge on any atom is 0.318 e. The largest absolute Gasteiger partial charge is 0.328 e. The van der Waals surface area contributed by atoms with Crippen LogP contribution in [0.3, 0.4) is 0 Å². The first-order valence-corrected chi connectivity index (χ1v) is 7.06. The van der Waals surface area contributed by atoms with Crippen molar-refractivity contribution in [3.8, 4) is 0 Å². The van der Waals surface area contributed by atoms with Gasteiger partial charge in [0, 0.05) is 24.7 Å². The highest BCUT2D eigenvalue weighted by atomic mass is 35.5. The van der Waals surface area contributed by atoms with Crippen LogP contribution < -0.4 is 5.32 Å². The average molecular weight is 326 g/mol. The van der Waals surface area contributed by atoms with Crippen LogP contribution in [0.15, 0.2) is 24.5 Å². The third-order valence-electron chi connectivity index (χ3n) is 3.28. The molecule has 118 valence electrons. The van der Waals surface area contributed by atoms with Crippen molar-refractivity contribution in [2.45, 2.75) is 19.5 Å². The Morgan fingerprint density at radius 3 is 2.86 bits per heavy atom. The lowest BCUT2D eigenvalue weighted by molar-refractivity contribution is 0.202. The quantitative estimate of drug-likeness (QED) is 0.939. The predicted molar refractivity (Wildman–Crippen MR) is 80.8 cm³/mol. The Kier molecular flexibility index (Phi) is 4.97. The Hall–Kier alpha value is -2.15. The van der Waals surface area contributed by atoms with Crippen LogP contribution in [0.5, 0.6) is 0 Å². The normalized spacial score (nSPS) is 12.0. The van der Waals surface area contributed by atoms with Crippen molar-refractivity contribution in [3.63, 3.8) is 0 Å². The molecular weight excluding hydrogens is 309 g/mol. The molecule has 2 aromatic rings.